The summed E-state index contributed by atoms with van der Waals surface area (Å²) in [6.07, 6.45) is 1.50. The lowest BCUT2D eigenvalue weighted by Crippen LogP contribution is -2.45. The van der Waals surface area contributed by atoms with Gasteiger partial charge in [-0.05, 0) is 19.8 Å². The fraction of sp³-hybridized carbons (Fsp3) is 0.800. The third-order valence-corrected chi connectivity index (χ3v) is 4.66. The zero-order valence-corrected chi connectivity index (χ0v) is 13.3. The quantitative estimate of drug-likeness (QED) is 0.747. The van der Waals surface area contributed by atoms with Crippen molar-refractivity contribution in [2.24, 2.45) is 17.6 Å². The van der Waals surface area contributed by atoms with E-state index in [9.17, 15) is 14.4 Å². The SMILES string of the molecule is COC[C@@H](C)N1C[C@@H](C(=O)N2CCC(C(N)=O)CC2)CC1=O. The van der Waals surface area contributed by atoms with Crippen LogP contribution in [-0.4, -0.2) is 66.9 Å². The van der Waals surface area contributed by atoms with Crippen molar-refractivity contribution in [2.75, 3.05) is 33.4 Å². The van der Waals surface area contributed by atoms with Crippen LogP contribution in [0.2, 0.25) is 0 Å². The van der Waals surface area contributed by atoms with E-state index in [2.05, 4.69) is 0 Å². The highest BCUT2D eigenvalue weighted by molar-refractivity contribution is 5.89. The van der Waals surface area contributed by atoms with Crippen molar-refractivity contribution in [2.45, 2.75) is 32.2 Å². The summed E-state index contributed by atoms with van der Waals surface area (Å²) < 4.78 is 5.08. The third-order valence-electron chi connectivity index (χ3n) is 4.66. The molecule has 0 aromatic heterocycles. The number of amides is 3. The van der Waals surface area contributed by atoms with Crippen LogP contribution in [0.4, 0.5) is 0 Å². The van der Waals surface area contributed by atoms with Crippen LogP contribution in [0.1, 0.15) is 26.2 Å². The largest absolute Gasteiger partial charge is 0.383 e. The van der Waals surface area contributed by atoms with Crippen LogP contribution in [0.3, 0.4) is 0 Å². The van der Waals surface area contributed by atoms with E-state index in [0.29, 0.717) is 39.1 Å². The molecule has 0 saturated carbocycles. The number of nitrogens with zero attached hydrogens (tertiary/aromatic N) is 2. The van der Waals surface area contributed by atoms with Gasteiger partial charge < -0.3 is 20.3 Å². The number of primary amides is 1. The van der Waals surface area contributed by atoms with Gasteiger partial charge in [0.1, 0.15) is 0 Å². The Bertz CT molecular complexity index is 446. The highest BCUT2D eigenvalue weighted by atomic mass is 16.5. The van der Waals surface area contributed by atoms with Crippen LogP contribution < -0.4 is 5.73 Å². The lowest BCUT2D eigenvalue weighted by molar-refractivity contribution is -0.138. The van der Waals surface area contributed by atoms with Crippen LogP contribution in [0, 0.1) is 11.8 Å². The van der Waals surface area contributed by atoms with Gasteiger partial charge in [0.05, 0.1) is 18.6 Å². The van der Waals surface area contributed by atoms with E-state index in [0.717, 1.165) is 0 Å². The molecule has 2 fully saturated rings. The van der Waals surface area contributed by atoms with E-state index in [1.807, 2.05) is 6.92 Å². The average Bonchev–Trinajstić information content (AvgIpc) is 2.89. The van der Waals surface area contributed by atoms with Crippen LogP contribution in [0.5, 0.6) is 0 Å². The molecular weight excluding hydrogens is 286 g/mol. The minimum Gasteiger partial charge on any atom is -0.383 e. The van der Waals surface area contributed by atoms with Gasteiger partial charge >= 0.3 is 0 Å². The summed E-state index contributed by atoms with van der Waals surface area (Å²) in [5, 5.41) is 0. The zero-order chi connectivity index (χ0) is 16.3. The van der Waals surface area contributed by atoms with Crippen molar-refractivity contribution in [3.8, 4) is 0 Å². The van der Waals surface area contributed by atoms with Crippen molar-refractivity contribution in [3.63, 3.8) is 0 Å². The van der Waals surface area contributed by atoms with Gasteiger partial charge in [0.25, 0.3) is 0 Å². The maximum absolute atomic E-state index is 12.5. The van der Waals surface area contributed by atoms with E-state index in [4.69, 9.17) is 10.5 Å². The molecule has 3 amide bonds. The lowest BCUT2D eigenvalue weighted by atomic mass is 9.95. The second kappa shape index (κ2) is 7.09. The van der Waals surface area contributed by atoms with Crippen molar-refractivity contribution in [1.82, 2.24) is 9.80 Å². The molecule has 2 aliphatic rings. The average molecular weight is 311 g/mol. The summed E-state index contributed by atoms with van der Waals surface area (Å²) in [5.41, 5.74) is 5.30. The molecule has 124 valence electrons. The number of ether oxygens (including phenoxy) is 1. The smallest absolute Gasteiger partial charge is 0.227 e. The summed E-state index contributed by atoms with van der Waals surface area (Å²) in [4.78, 5) is 39.3. The standard InChI is InChI=1S/C15H25N3O4/c1-10(9-22-2)18-8-12(7-13(18)19)15(21)17-5-3-11(4-6-17)14(16)20/h10-12H,3-9H2,1-2H3,(H2,16,20)/t10-,12+/m1/s1. The number of likely N-dealkylation sites (tertiary alicyclic amines) is 2. The highest BCUT2D eigenvalue weighted by Crippen LogP contribution is 2.25. The maximum atomic E-state index is 12.5. The van der Waals surface area contributed by atoms with Gasteiger partial charge in [-0.15, -0.1) is 0 Å². The molecule has 22 heavy (non-hydrogen) atoms. The first kappa shape index (κ1) is 16.7. The number of nitrogens with two attached hydrogens (primary N) is 1. The summed E-state index contributed by atoms with van der Waals surface area (Å²) >= 11 is 0. The molecule has 2 N–H and O–H groups in total. The van der Waals surface area contributed by atoms with E-state index in [-0.39, 0.29) is 42.0 Å². The Hall–Kier alpha value is -1.63. The molecule has 0 spiro atoms. The van der Waals surface area contributed by atoms with Crippen LogP contribution in [-0.2, 0) is 19.1 Å². The maximum Gasteiger partial charge on any atom is 0.227 e. The van der Waals surface area contributed by atoms with E-state index < -0.39 is 0 Å². The number of carbonyl (C=O) groups is 3. The molecule has 7 heteroatoms. The van der Waals surface area contributed by atoms with Crippen molar-refractivity contribution in [3.05, 3.63) is 0 Å². The molecule has 0 bridgehead atoms. The Morgan fingerprint density at radius 2 is 1.95 bits per heavy atom. The molecular formula is C15H25N3O4. The molecule has 0 aromatic carbocycles. The highest BCUT2D eigenvalue weighted by Gasteiger charge is 2.39. The molecule has 7 nitrogen and oxygen atoms in total. The summed E-state index contributed by atoms with van der Waals surface area (Å²) in [6, 6.07) is -0.0177. The number of hydrogen-bond donors (Lipinski definition) is 1. The topological polar surface area (TPSA) is 92.9 Å². The fourth-order valence-corrected chi connectivity index (χ4v) is 3.30. The van der Waals surface area contributed by atoms with Gasteiger partial charge in [0.15, 0.2) is 0 Å². The predicted octanol–water partition coefficient (Wildman–Crippen LogP) is -0.406. The van der Waals surface area contributed by atoms with E-state index >= 15 is 0 Å². The van der Waals surface area contributed by atoms with Gasteiger partial charge in [-0.3, -0.25) is 14.4 Å². The number of methoxy groups -OCH3 is 1. The van der Waals surface area contributed by atoms with Crippen LogP contribution in [0.25, 0.3) is 0 Å². The minimum absolute atomic E-state index is 0.00919. The Morgan fingerprint density at radius 3 is 2.50 bits per heavy atom. The molecule has 2 atom stereocenters. The second-order valence-electron chi connectivity index (χ2n) is 6.25. The normalized spacial score (nSPS) is 24.6. The molecule has 0 unspecified atom stereocenters. The van der Waals surface area contributed by atoms with Crippen LogP contribution >= 0.6 is 0 Å². The van der Waals surface area contributed by atoms with Crippen LogP contribution in [0.15, 0.2) is 0 Å². The molecule has 0 aliphatic carbocycles. The third kappa shape index (κ3) is 3.58. The molecule has 2 rings (SSSR count). The lowest BCUT2D eigenvalue weighted by Gasteiger charge is -2.32. The Morgan fingerprint density at radius 1 is 1.32 bits per heavy atom. The molecule has 0 radical (unpaired) electrons. The van der Waals surface area contributed by atoms with Crippen molar-refractivity contribution < 1.29 is 19.1 Å². The number of rotatable bonds is 5. The number of hydrogen-bond acceptors (Lipinski definition) is 4. The Labute approximate surface area is 130 Å². The Balaban J connectivity index is 1.89. The van der Waals surface area contributed by atoms with E-state index in [1.54, 1.807) is 16.9 Å². The van der Waals surface area contributed by atoms with Gasteiger partial charge in [-0.1, -0.05) is 0 Å². The van der Waals surface area contributed by atoms with Gasteiger partial charge in [-0.25, -0.2) is 0 Å². The fourth-order valence-electron chi connectivity index (χ4n) is 3.30. The Kier molecular flexibility index (Phi) is 5.39. The van der Waals surface area contributed by atoms with Gasteiger partial charge in [-0.2, -0.15) is 0 Å². The molecule has 2 saturated heterocycles. The van der Waals surface area contributed by atoms with Gasteiger partial charge in [0, 0.05) is 39.1 Å². The summed E-state index contributed by atoms with van der Waals surface area (Å²) in [6.45, 7) is 3.94. The summed E-state index contributed by atoms with van der Waals surface area (Å²) in [7, 11) is 1.60. The molecule has 2 aliphatic heterocycles. The zero-order valence-electron chi connectivity index (χ0n) is 13.3. The summed E-state index contributed by atoms with van der Waals surface area (Å²) in [5.74, 6) is -0.676. The monoisotopic (exact) mass is 311 g/mol. The first-order valence-electron chi connectivity index (χ1n) is 7.80. The van der Waals surface area contributed by atoms with Gasteiger partial charge in [0.2, 0.25) is 17.7 Å². The minimum atomic E-state index is -0.289. The van der Waals surface area contributed by atoms with Crippen molar-refractivity contribution >= 4 is 17.7 Å². The number of piperidine rings is 1. The molecule has 2 heterocycles. The van der Waals surface area contributed by atoms with Crippen molar-refractivity contribution in [1.29, 1.82) is 0 Å². The number of carbonyl (C=O) groups excluding carboxylic acids is 3. The van der Waals surface area contributed by atoms with E-state index in [1.165, 1.54) is 0 Å². The molecule has 0 aromatic rings. The first-order valence-corrected chi connectivity index (χ1v) is 7.80. The first-order chi connectivity index (χ1) is 10.4. The second-order valence-corrected chi connectivity index (χ2v) is 6.25. The predicted molar refractivity (Wildman–Crippen MR) is 79.7 cm³/mol.